The first kappa shape index (κ1) is 14.3. The van der Waals surface area contributed by atoms with E-state index in [4.69, 9.17) is 21.1 Å². The zero-order valence-electron chi connectivity index (χ0n) is 11.1. The molecule has 2 fully saturated rings. The summed E-state index contributed by atoms with van der Waals surface area (Å²) in [5, 5.41) is 10.6. The van der Waals surface area contributed by atoms with Crippen molar-refractivity contribution in [3.05, 3.63) is 34.6 Å². The van der Waals surface area contributed by atoms with Crippen LogP contribution in [0.5, 0.6) is 0 Å². The lowest BCUT2D eigenvalue weighted by molar-refractivity contribution is -0.117. The molecule has 3 nitrogen and oxygen atoms in total. The van der Waals surface area contributed by atoms with Gasteiger partial charge in [-0.25, -0.2) is 4.39 Å². The maximum atomic E-state index is 13.5. The molecule has 2 aliphatic rings. The van der Waals surface area contributed by atoms with Gasteiger partial charge in [0, 0.05) is 19.6 Å². The molecule has 0 radical (unpaired) electrons. The summed E-state index contributed by atoms with van der Waals surface area (Å²) in [5.41, 5.74) is 0.322. The zero-order chi connectivity index (χ0) is 14.2. The highest BCUT2D eigenvalue weighted by Crippen LogP contribution is 2.41. The normalized spacial score (nSPS) is 31.6. The summed E-state index contributed by atoms with van der Waals surface area (Å²) in [6.07, 6.45) is 1.69. The van der Waals surface area contributed by atoms with E-state index in [9.17, 15) is 9.50 Å². The predicted molar refractivity (Wildman–Crippen MR) is 73.2 cm³/mol. The SMILES string of the molecule is OC(c1ccc(Cl)c(F)c1)C1CCOC2(CCOC2)C1. The van der Waals surface area contributed by atoms with Crippen LogP contribution in [0.25, 0.3) is 0 Å². The third-order valence-electron chi connectivity index (χ3n) is 4.33. The maximum absolute atomic E-state index is 13.5. The van der Waals surface area contributed by atoms with Gasteiger partial charge in [-0.3, -0.25) is 0 Å². The number of aliphatic hydroxyl groups is 1. The van der Waals surface area contributed by atoms with Crippen LogP contribution >= 0.6 is 11.6 Å². The van der Waals surface area contributed by atoms with Crippen LogP contribution in [0.3, 0.4) is 0 Å². The number of hydrogen-bond donors (Lipinski definition) is 1. The number of ether oxygens (including phenoxy) is 2. The Morgan fingerprint density at radius 3 is 2.95 bits per heavy atom. The topological polar surface area (TPSA) is 38.7 Å². The molecule has 3 rings (SSSR count). The van der Waals surface area contributed by atoms with Crippen molar-refractivity contribution in [2.75, 3.05) is 19.8 Å². The minimum atomic E-state index is -0.692. The summed E-state index contributed by atoms with van der Waals surface area (Å²) in [6, 6.07) is 4.49. The molecule has 3 atom stereocenters. The summed E-state index contributed by atoms with van der Waals surface area (Å²) in [7, 11) is 0. The van der Waals surface area contributed by atoms with Gasteiger partial charge in [0.05, 0.1) is 23.3 Å². The van der Waals surface area contributed by atoms with Crippen molar-refractivity contribution < 1.29 is 19.0 Å². The maximum Gasteiger partial charge on any atom is 0.142 e. The smallest absolute Gasteiger partial charge is 0.142 e. The van der Waals surface area contributed by atoms with Crippen LogP contribution in [-0.2, 0) is 9.47 Å². The summed E-state index contributed by atoms with van der Waals surface area (Å²) in [4.78, 5) is 0. The highest BCUT2D eigenvalue weighted by Gasteiger charge is 2.43. The number of rotatable bonds is 2. The molecule has 5 heteroatoms. The number of aliphatic hydroxyl groups excluding tert-OH is 1. The van der Waals surface area contributed by atoms with E-state index in [0.29, 0.717) is 25.4 Å². The lowest BCUT2D eigenvalue weighted by Crippen LogP contribution is -2.41. The van der Waals surface area contributed by atoms with Gasteiger partial charge in [0.1, 0.15) is 5.82 Å². The highest BCUT2D eigenvalue weighted by molar-refractivity contribution is 6.30. The van der Waals surface area contributed by atoms with Crippen molar-refractivity contribution in [3.8, 4) is 0 Å². The molecule has 20 heavy (non-hydrogen) atoms. The standard InChI is InChI=1S/C15H18ClFO3/c16-12-2-1-10(7-13(12)17)14(18)11-3-5-20-15(8-11)4-6-19-9-15/h1-2,7,11,14,18H,3-6,8-9H2. The second-order valence-corrected chi connectivity index (χ2v) is 6.11. The van der Waals surface area contributed by atoms with Gasteiger partial charge in [0.2, 0.25) is 0 Å². The van der Waals surface area contributed by atoms with E-state index in [0.717, 1.165) is 19.3 Å². The zero-order valence-corrected chi connectivity index (χ0v) is 11.9. The van der Waals surface area contributed by atoms with E-state index in [1.54, 1.807) is 6.07 Å². The Kier molecular flexibility index (Phi) is 4.00. The summed E-state index contributed by atoms with van der Waals surface area (Å²) < 4.78 is 24.8. The first-order valence-electron chi connectivity index (χ1n) is 6.94. The summed E-state index contributed by atoms with van der Waals surface area (Å²) >= 11 is 5.68. The molecule has 0 amide bonds. The second kappa shape index (κ2) is 5.60. The average molecular weight is 301 g/mol. The summed E-state index contributed by atoms with van der Waals surface area (Å²) in [5.74, 6) is -0.430. The Morgan fingerprint density at radius 1 is 1.40 bits per heavy atom. The van der Waals surface area contributed by atoms with Gasteiger partial charge >= 0.3 is 0 Å². The molecule has 1 aromatic carbocycles. The molecule has 0 saturated carbocycles. The van der Waals surface area contributed by atoms with Gasteiger partial charge in [-0.15, -0.1) is 0 Å². The van der Waals surface area contributed by atoms with E-state index in [1.165, 1.54) is 12.1 Å². The van der Waals surface area contributed by atoms with Crippen molar-refractivity contribution in [2.24, 2.45) is 5.92 Å². The third-order valence-corrected chi connectivity index (χ3v) is 4.64. The van der Waals surface area contributed by atoms with Gasteiger partial charge in [0.25, 0.3) is 0 Å². The van der Waals surface area contributed by atoms with Gasteiger partial charge in [-0.1, -0.05) is 17.7 Å². The molecular weight excluding hydrogens is 283 g/mol. The fourth-order valence-corrected chi connectivity index (χ4v) is 3.28. The summed E-state index contributed by atoms with van der Waals surface area (Å²) in [6.45, 7) is 1.91. The van der Waals surface area contributed by atoms with E-state index < -0.39 is 11.9 Å². The van der Waals surface area contributed by atoms with Crippen LogP contribution in [0.2, 0.25) is 5.02 Å². The monoisotopic (exact) mass is 300 g/mol. The Labute approximate surface area is 122 Å². The van der Waals surface area contributed by atoms with Gasteiger partial charge < -0.3 is 14.6 Å². The van der Waals surface area contributed by atoms with Gasteiger partial charge in [-0.2, -0.15) is 0 Å². The Balaban J connectivity index is 1.75. The van der Waals surface area contributed by atoms with Crippen molar-refractivity contribution in [1.82, 2.24) is 0 Å². The van der Waals surface area contributed by atoms with Gasteiger partial charge in [0.15, 0.2) is 0 Å². The minimum Gasteiger partial charge on any atom is -0.388 e. The Morgan fingerprint density at radius 2 is 2.25 bits per heavy atom. The van der Waals surface area contributed by atoms with Crippen LogP contribution < -0.4 is 0 Å². The molecule has 0 bridgehead atoms. The van der Waals surface area contributed by atoms with Crippen LogP contribution in [0.15, 0.2) is 18.2 Å². The Bertz CT molecular complexity index is 488. The minimum absolute atomic E-state index is 0.0611. The molecule has 2 aliphatic heterocycles. The molecule has 3 unspecified atom stereocenters. The number of halogens is 2. The van der Waals surface area contributed by atoms with E-state index in [1.807, 2.05) is 0 Å². The fourth-order valence-electron chi connectivity index (χ4n) is 3.17. The Hall–Kier alpha value is -0.680. The highest BCUT2D eigenvalue weighted by atomic mass is 35.5. The van der Waals surface area contributed by atoms with Crippen molar-refractivity contribution in [1.29, 1.82) is 0 Å². The molecule has 1 N–H and O–H groups in total. The van der Waals surface area contributed by atoms with Crippen LogP contribution in [-0.4, -0.2) is 30.5 Å². The largest absolute Gasteiger partial charge is 0.388 e. The van der Waals surface area contributed by atoms with Gasteiger partial charge in [-0.05, 0) is 36.5 Å². The van der Waals surface area contributed by atoms with Crippen molar-refractivity contribution >= 4 is 11.6 Å². The predicted octanol–water partition coefficient (Wildman–Crippen LogP) is 3.10. The quantitative estimate of drug-likeness (QED) is 0.912. The third kappa shape index (κ3) is 2.70. The second-order valence-electron chi connectivity index (χ2n) is 5.71. The number of hydrogen-bond acceptors (Lipinski definition) is 3. The van der Waals surface area contributed by atoms with Crippen molar-refractivity contribution in [2.45, 2.75) is 31.0 Å². The van der Waals surface area contributed by atoms with Crippen LogP contribution in [0.4, 0.5) is 4.39 Å². The van der Waals surface area contributed by atoms with E-state index >= 15 is 0 Å². The first-order chi connectivity index (χ1) is 9.60. The molecule has 1 spiro atoms. The molecule has 0 aromatic heterocycles. The van der Waals surface area contributed by atoms with Crippen molar-refractivity contribution in [3.63, 3.8) is 0 Å². The van der Waals surface area contributed by atoms with E-state index in [-0.39, 0.29) is 16.5 Å². The molecule has 2 saturated heterocycles. The van der Waals surface area contributed by atoms with Crippen LogP contribution in [0.1, 0.15) is 30.9 Å². The fraction of sp³-hybridized carbons (Fsp3) is 0.600. The number of benzene rings is 1. The van der Waals surface area contributed by atoms with Crippen LogP contribution in [0, 0.1) is 11.7 Å². The molecule has 0 aliphatic carbocycles. The molecule has 1 aromatic rings. The average Bonchev–Trinajstić information content (AvgIpc) is 2.89. The lowest BCUT2D eigenvalue weighted by atomic mass is 9.80. The molecule has 110 valence electrons. The molecule has 2 heterocycles. The first-order valence-corrected chi connectivity index (χ1v) is 7.32. The van der Waals surface area contributed by atoms with E-state index in [2.05, 4.69) is 0 Å². The molecular formula is C15H18ClFO3. The lowest BCUT2D eigenvalue weighted by Gasteiger charge is -2.39.